The third-order valence-electron chi connectivity index (χ3n) is 7.47. The van der Waals surface area contributed by atoms with E-state index in [-0.39, 0.29) is 6.42 Å². The molecule has 6 rings (SSSR count). The molecule has 35 heavy (non-hydrogen) atoms. The molecule has 2 aliphatic heterocycles. The fourth-order valence-electron chi connectivity index (χ4n) is 5.70. The smallest absolute Gasteiger partial charge is 0.305 e. The number of aliphatic carboxylic acids is 1. The van der Waals surface area contributed by atoms with Crippen molar-refractivity contribution in [1.82, 2.24) is 0 Å². The summed E-state index contributed by atoms with van der Waals surface area (Å²) in [7, 11) is 1.65. The van der Waals surface area contributed by atoms with E-state index in [1.165, 1.54) is 0 Å². The van der Waals surface area contributed by atoms with Crippen molar-refractivity contribution in [2.75, 3.05) is 18.6 Å². The molecule has 0 bridgehead atoms. The molecule has 0 saturated heterocycles. The SMILES string of the molecule is COc1ccc2ccc3c(c2c1)N=CC1(O3)N(CCC(=O)O)c2ccc3ccccc3c2C1(C)C. The monoisotopic (exact) mass is 466 g/mol. The number of carbonyl (C=O) groups is 1. The summed E-state index contributed by atoms with van der Waals surface area (Å²) < 4.78 is 12.3. The maximum absolute atomic E-state index is 11.6. The van der Waals surface area contributed by atoms with Gasteiger partial charge in [-0.2, -0.15) is 0 Å². The van der Waals surface area contributed by atoms with Gasteiger partial charge in [-0.1, -0.05) is 42.5 Å². The van der Waals surface area contributed by atoms with E-state index in [1.54, 1.807) is 7.11 Å². The number of anilines is 1. The van der Waals surface area contributed by atoms with E-state index in [0.29, 0.717) is 12.3 Å². The van der Waals surface area contributed by atoms with Crippen molar-refractivity contribution in [3.63, 3.8) is 0 Å². The molecule has 0 aliphatic carbocycles. The summed E-state index contributed by atoms with van der Waals surface area (Å²) in [5, 5.41) is 13.8. The van der Waals surface area contributed by atoms with E-state index in [9.17, 15) is 9.90 Å². The molecule has 6 heteroatoms. The lowest BCUT2D eigenvalue weighted by molar-refractivity contribution is -0.136. The first-order valence-corrected chi connectivity index (χ1v) is 11.7. The standard InChI is InChI=1S/C29H26N2O4/c1-28(2)26-21-7-5-4-6-18(21)9-12-23(26)31(15-14-25(32)33)29(28)17-30-27-22-16-20(34-3)11-8-19(22)10-13-24(27)35-29/h4-13,16-17H,14-15H2,1-3H3,(H,32,33). The van der Waals surface area contributed by atoms with Crippen LogP contribution in [-0.2, 0) is 10.2 Å². The molecule has 0 amide bonds. The molecule has 176 valence electrons. The first-order valence-electron chi connectivity index (χ1n) is 11.7. The highest BCUT2D eigenvalue weighted by Crippen LogP contribution is 2.56. The summed E-state index contributed by atoms with van der Waals surface area (Å²) in [4.78, 5) is 18.7. The highest BCUT2D eigenvalue weighted by Gasteiger charge is 2.60. The first kappa shape index (κ1) is 21.5. The molecule has 2 aliphatic rings. The number of hydrogen-bond donors (Lipinski definition) is 1. The number of rotatable bonds is 4. The number of aliphatic imine (C=N–C) groups is 1. The van der Waals surface area contributed by atoms with Gasteiger partial charge in [0.1, 0.15) is 17.2 Å². The first-order chi connectivity index (χ1) is 16.9. The number of nitrogens with zero attached hydrogens (tertiary/aromatic N) is 2. The van der Waals surface area contributed by atoms with Gasteiger partial charge in [-0.05, 0) is 59.8 Å². The van der Waals surface area contributed by atoms with E-state index in [1.807, 2.05) is 48.7 Å². The van der Waals surface area contributed by atoms with Crippen LogP contribution in [0.1, 0.15) is 25.8 Å². The van der Waals surface area contributed by atoms with Crippen LogP contribution < -0.4 is 14.4 Å². The summed E-state index contributed by atoms with van der Waals surface area (Å²) in [5.41, 5.74) is 1.37. The maximum Gasteiger partial charge on any atom is 0.305 e. The topological polar surface area (TPSA) is 71.4 Å². The normalized spacial score (nSPS) is 19.6. The minimum Gasteiger partial charge on any atom is -0.497 e. The van der Waals surface area contributed by atoms with Crippen LogP contribution in [0.15, 0.2) is 71.7 Å². The van der Waals surface area contributed by atoms with Crippen molar-refractivity contribution in [2.45, 2.75) is 31.4 Å². The third kappa shape index (κ3) is 2.95. The Bertz CT molecular complexity index is 1540. The lowest BCUT2D eigenvalue weighted by Gasteiger charge is -2.46. The predicted molar refractivity (Wildman–Crippen MR) is 139 cm³/mol. The zero-order valence-electron chi connectivity index (χ0n) is 19.9. The number of methoxy groups -OCH3 is 1. The van der Waals surface area contributed by atoms with Crippen molar-refractivity contribution in [2.24, 2.45) is 4.99 Å². The van der Waals surface area contributed by atoms with Gasteiger partial charge in [0.15, 0.2) is 0 Å². The molecule has 1 N–H and O–H groups in total. The molecule has 4 aromatic rings. The Labute approximate surface area is 203 Å². The Morgan fingerprint density at radius 3 is 2.57 bits per heavy atom. The molecule has 0 saturated carbocycles. The van der Waals surface area contributed by atoms with Gasteiger partial charge >= 0.3 is 5.97 Å². The van der Waals surface area contributed by atoms with Crippen LogP contribution in [0.25, 0.3) is 21.5 Å². The number of fused-ring (bicyclic) bond motifs is 6. The van der Waals surface area contributed by atoms with E-state index in [4.69, 9.17) is 14.5 Å². The minimum atomic E-state index is -0.978. The Morgan fingerprint density at radius 2 is 1.77 bits per heavy atom. The fourth-order valence-corrected chi connectivity index (χ4v) is 5.70. The van der Waals surface area contributed by atoms with E-state index in [2.05, 4.69) is 43.0 Å². The number of hydrogen-bond acceptors (Lipinski definition) is 5. The van der Waals surface area contributed by atoms with Crippen LogP contribution >= 0.6 is 0 Å². The average Bonchev–Trinajstić information content (AvgIpc) is 3.04. The second kappa shape index (κ2) is 7.47. The van der Waals surface area contributed by atoms with E-state index >= 15 is 0 Å². The Morgan fingerprint density at radius 1 is 1.03 bits per heavy atom. The molecule has 1 atom stereocenters. The number of carboxylic acid groups (broad SMARTS) is 1. The van der Waals surface area contributed by atoms with Gasteiger partial charge in [0.25, 0.3) is 0 Å². The van der Waals surface area contributed by atoms with Gasteiger partial charge < -0.3 is 19.5 Å². The van der Waals surface area contributed by atoms with Crippen molar-refractivity contribution in [3.05, 3.63) is 72.3 Å². The van der Waals surface area contributed by atoms with Gasteiger partial charge in [-0.25, -0.2) is 0 Å². The molecule has 1 unspecified atom stereocenters. The fraction of sp³-hybridized carbons (Fsp3) is 0.241. The molecule has 1 spiro atoms. The highest BCUT2D eigenvalue weighted by molar-refractivity contribution is 6.02. The Hall–Kier alpha value is -4.06. The van der Waals surface area contributed by atoms with Gasteiger partial charge in [-0.3, -0.25) is 9.79 Å². The van der Waals surface area contributed by atoms with Crippen molar-refractivity contribution >= 4 is 45.1 Å². The van der Waals surface area contributed by atoms with Crippen LogP contribution in [0.5, 0.6) is 11.5 Å². The van der Waals surface area contributed by atoms with Gasteiger partial charge in [0.2, 0.25) is 5.72 Å². The van der Waals surface area contributed by atoms with Gasteiger partial charge in [-0.15, -0.1) is 0 Å². The summed E-state index contributed by atoms with van der Waals surface area (Å²) in [6, 6.07) is 22.3. The number of carboxylic acids is 1. The van der Waals surface area contributed by atoms with Crippen molar-refractivity contribution in [1.29, 1.82) is 0 Å². The molecule has 4 aromatic carbocycles. The molecule has 0 fully saturated rings. The predicted octanol–water partition coefficient (Wildman–Crippen LogP) is 6.07. The second-order valence-electron chi connectivity index (χ2n) is 9.66. The van der Waals surface area contributed by atoms with E-state index < -0.39 is 17.1 Å². The zero-order chi connectivity index (χ0) is 24.4. The Balaban J connectivity index is 1.57. The quantitative estimate of drug-likeness (QED) is 0.396. The number of ether oxygens (including phenoxy) is 2. The number of benzene rings is 4. The van der Waals surface area contributed by atoms with Crippen LogP contribution in [0, 0.1) is 0 Å². The summed E-state index contributed by atoms with van der Waals surface area (Å²) in [5.74, 6) is 0.571. The third-order valence-corrected chi connectivity index (χ3v) is 7.47. The summed E-state index contributed by atoms with van der Waals surface area (Å²) >= 11 is 0. The molecule has 0 radical (unpaired) electrons. The van der Waals surface area contributed by atoms with Crippen LogP contribution in [0.3, 0.4) is 0 Å². The summed E-state index contributed by atoms with van der Waals surface area (Å²) in [6.45, 7) is 4.60. The molecule has 2 heterocycles. The average molecular weight is 467 g/mol. The molecule has 6 nitrogen and oxygen atoms in total. The molecular weight excluding hydrogens is 440 g/mol. The Kier molecular flexibility index (Phi) is 4.58. The maximum atomic E-state index is 11.6. The van der Waals surface area contributed by atoms with Crippen LogP contribution in [-0.4, -0.2) is 36.7 Å². The van der Waals surface area contributed by atoms with Crippen molar-refractivity contribution in [3.8, 4) is 11.5 Å². The minimum absolute atomic E-state index is 0.0108. The van der Waals surface area contributed by atoms with Crippen molar-refractivity contribution < 1.29 is 19.4 Å². The van der Waals surface area contributed by atoms with Gasteiger partial charge in [0.05, 0.1) is 25.2 Å². The molecular formula is C29H26N2O4. The van der Waals surface area contributed by atoms with Gasteiger partial charge in [0, 0.05) is 17.6 Å². The summed E-state index contributed by atoms with van der Waals surface area (Å²) in [6.07, 6.45) is 1.86. The van der Waals surface area contributed by atoms with Crippen LogP contribution in [0.4, 0.5) is 11.4 Å². The second-order valence-corrected chi connectivity index (χ2v) is 9.66. The molecule has 0 aromatic heterocycles. The largest absolute Gasteiger partial charge is 0.497 e. The van der Waals surface area contributed by atoms with E-state index in [0.717, 1.165) is 44.2 Å². The van der Waals surface area contributed by atoms with Crippen LogP contribution in [0.2, 0.25) is 0 Å². The zero-order valence-corrected chi connectivity index (χ0v) is 19.9. The lowest BCUT2D eigenvalue weighted by atomic mass is 9.75. The lowest BCUT2D eigenvalue weighted by Crippen LogP contribution is -2.62. The highest BCUT2D eigenvalue weighted by atomic mass is 16.5.